The summed E-state index contributed by atoms with van der Waals surface area (Å²) in [6, 6.07) is 6.72. The summed E-state index contributed by atoms with van der Waals surface area (Å²) in [6.45, 7) is 4.31. The Kier molecular flexibility index (Phi) is 4.99. The Morgan fingerprint density at radius 1 is 1.33 bits per heavy atom. The van der Waals surface area contributed by atoms with E-state index in [2.05, 4.69) is 15.3 Å². The van der Waals surface area contributed by atoms with Crippen LogP contribution in [0.4, 0.5) is 10.2 Å². The number of halogens is 2. The zero-order valence-electron chi connectivity index (χ0n) is 13.4. The van der Waals surface area contributed by atoms with E-state index in [0.717, 1.165) is 22.2 Å². The van der Waals surface area contributed by atoms with Crippen molar-refractivity contribution in [3.63, 3.8) is 0 Å². The molecule has 1 aromatic carbocycles. The number of nitrogens with one attached hydrogen (secondary N) is 1. The molecule has 0 amide bonds. The summed E-state index contributed by atoms with van der Waals surface area (Å²) < 4.78 is 14.7. The lowest BCUT2D eigenvalue weighted by Gasteiger charge is -2.08. The Labute approximate surface area is 148 Å². The molecule has 24 heavy (non-hydrogen) atoms. The Morgan fingerprint density at radius 2 is 2.08 bits per heavy atom. The number of aryl methyl sites for hydroxylation is 1. The first-order valence-corrected chi connectivity index (χ1v) is 8.83. The quantitative estimate of drug-likeness (QED) is 0.663. The molecule has 1 atom stereocenters. The molecule has 0 saturated heterocycles. The smallest absolute Gasteiger partial charge is 0.224 e. The van der Waals surface area contributed by atoms with Crippen molar-refractivity contribution in [3.8, 4) is 0 Å². The van der Waals surface area contributed by atoms with Crippen LogP contribution in [-0.4, -0.2) is 16.0 Å². The molecular formula is C17H18ClFN4S. The Bertz CT molecular complexity index is 878. The average molecular weight is 365 g/mol. The fraction of sp³-hybridized carbons (Fsp3) is 0.294. The molecule has 2 aromatic heterocycles. The maximum absolute atomic E-state index is 13.8. The summed E-state index contributed by atoms with van der Waals surface area (Å²) in [5.41, 5.74) is 8.40. The predicted octanol–water partition coefficient (Wildman–Crippen LogP) is 4.29. The van der Waals surface area contributed by atoms with Crippen LogP contribution in [0.5, 0.6) is 0 Å². The van der Waals surface area contributed by atoms with Gasteiger partial charge in [0.15, 0.2) is 0 Å². The number of rotatable bonds is 5. The first-order chi connectivity index (χ1) is 11.5. The number of benzene rings is 1. The van der Waals surface area contributed by atoms with E-state index in [-0.39, 0.29) is 17.1 Å². The van der Waals surface area contributed by atoms with Gasteiger partial charge in [0.25, 0.3) is 0 Å². The molecule has 4 nitrogen and oxygen atoms in total. The highest BCUT2D eigenvalue weighted by Gasteiger charge is 2.16. The highest BCUT2D eigenvalue weighted by molar-refractivity contribution is 7.19. The second-order valence-electron chi connectivity index (χ2n) is 5.80. The number of nitrogens with two attached hydrogens (primary N) is 1. The van der Waals surface area contributed by atoms with Crippen molar-refractivity contribution in [2.24, 2.45) is 5.73 Å². The summed E-state index contributed by atoms with van der Waals surface area (Å²) in [7, 11) is 0. The average Bonchev–Trinajstić information content (AvgIpc) is 2.82. The molecule has 126 valence electrons. The van der Waals surface area contributed by atoms with Crippen LogP contribution in [0, 0.1) is 12.7 Å². The molecule has 0 bridgehead atoms. The number of hydrogen-bond acceptors (Lipinski definition) is 5. The molecule has 0 radical (unpaired) electrons. The first kappa shape index (κ1) is 17.1. The molecule has 3 rings (SSSR count). The molecule has 0 aliphatic carbocycles. The van der Waals surface area contributed by atoms with Crippen LogP contribution in [0.25, 0.3) is 10.2 Å². The number of fused-ring (bicyclic) bond motifs is 1. The van der Waals surface area contributed by atoms with Gasteiger partial charge in [-0.2, -0.15) is 4.98 Å². The summed E-state index contributed by atoms with van der Waals surface area (Å²) in [4.78, 5) is 9.80. The van der Waals surface area contributed by atoms with Crippen LogP contribution in [0.15, 0.2) is 24.3 Å². The van der Waals surface area contributed by atoms with E-state index in [1.54, 1.807) is 29.5 Å². The minimum absolute atomic E-state index is 0.0648. The normalized spacial score (nSPS) is 12.5. The van der Waals surface area contributed by atoms with Crippen molar-refractivity contribution in [2.75, 3.05) is 5.32 Å². The van der Waals surface area contributed by atoms with Crippen molar-refractivity contribution in [2.45, 2.75) is 32.9 Å². The molecule has 3 N–H and O–H groups in total. The van der Waals surface area contributed by atoms with Crippen LogP contribution in [0.2, 0.25) is 5.28 Å². The number of hydrogen-bond donors (Lipinski definition) is 2. The van der Waals surface area contributed by atoms with Gasteiger partial charge in [-0.1, -0.05) is 18.2 Å². The highest BCUT2D eigenvalue weighted by Crippen LogP contribution is 2.35. The highest BCUT2D eigenvalue weighted by atomic mass is 35.5. The van der Waals surface area contributed by atoms with E-state index in [9.17, 15) is 4.39 Å². The van der Waals surface area contributed by atoms with Gasteiger partial charge in [0.1, 0.15) is 11.6 Å². The van der Waals surface area contributed by atoms with Gasteiger partial charge in [0.05, 0.1) is 10.2 Å². The second-order valence-corrected chi connectivity index (χ2v) is 7.24. The molecule has 0 fully saturated rings. The summed E-state index contributed by atoms with van der Waals surface area (Å²) in [5, 5.41) is 3.36. The first-order valence-electron chi connectivity index (χ1n) is 7.64. The van der Waals surface area contributed by atoms with Crippen LogP contribution < -0.4 is 11.1 Å². The Morgan fingerprint density at radius 3 is 2.79 bits per heavy atom. The molecule has 2 heterocycles. The summed E-state index contributed by atoms with van der Waals surface area (Å²) in [6.07, 6.45) is 0.775. The molecule has 0 spiro atoms. The van der Waals surface area contributed by atoms with E-state index in [0.29, 0.717) is 17.9 Å². The largest absolute Gasteiger partial charge is 0.365 e. The van der Waals surface area contributed by atoms with Crippen LogP contribution in [0.1, 0.15) is 22.9 Å². The summed E-state index contributed by atoms with van der Waals surface area (Å²) in [5.74, 6) is 0.374. The molecule has 3 aromatic rings. The third-order valence-corrected chi connectivity index (χ3v) is 5.23. The van der Waals surface area contributed by atoms with Gasteiger partial charge < -0.3 is 11.1 Å². The lowest BCUT2D eigenvalue weighted by atomic mass is 10.1. The van der Waals surface area contributed by atoms with Gasteiger partial charge in [-0.05, 0) is 43.5 Å². The van der Waals surface area contributed by atoms with Crippen molar-refractivity contribution in [3.05, 3.63) is 51.4 Å². The van der Waals surface area contributed by atoms with Crippen LogP contribution in [-0.2, 0) is 13.0 Å². The zero-order valence-corrected chi connectivity index (χ0v) is 15.0. The molecule has 0 aliphatic heterocycles. The number of anilines is 1. The fourth-order valence-electron chi connectivity index (χ4n) is 2.53. The third kappa shape index (κ3) is 3.50. The van der Waals surface area contributed by atoms with Gasteiger partial charge in [-0.15, -0.1) is 11.3 Å². The third-order valence-electron chi connectivity index (χ3n) is 3.75. The van der Waals surface area contributed by atoms with Crippen molar-refractivity contribution < 1.29 is 4.39 Å². The number of thiophene rings is 1. The van der Waals surface area contributed by atoms with Crippen molar-refractivity contribution in [1.82, 2.24) is 9.97 Å². The molecule has 7 heteroatoms. The van der Waals surface area contributed by atoms with E-state index < -0.39 is 0 Å². The van der Waals surface area contributed by atoms with Gasteiger partial charge >= 0.3 is 0 Å². The molecule has 1 unspecified atom stereocenters. The lowest BCUT2D eigenvalue weighted by molar-refractivity contribution is 0.613. The Hall–Kier alpha value is -1.76. The van der Waals surface area contributed by atoms with E-state index in [1.807, 2.05) is 13.8 Å². The molecule has 0 saturated carbocycles. The van der Waals surface area contributed by atoms with Gasteiger partial charge in [-0.25, -0.2) is 9.37 Å². The minimum atomic E-state index is -0.249. The van der Waals surface area contributed by atoms with Crippen LogP contribution >= 0.6 is 22.9 Å². The SMILES string of the molecule is Cc1c(CC(C)N)sc2c(NCc3ccccc3F)nc(Cl)nc12. The minimum Gasteiger partial charge on any atom is -0.365 e. The van der Waals surface area contributed by atoms with Gasteiger partial charge in [-0.3, -0.25) is 0 Å². The fourth-order valence-corrected chi connectivity index (χ4v) is 4.05. The monoisotopic (exact) mass is 364 g/mol. The van der Waals surface area contributed by atoms with E-state index >= 15 is 0 Å². The number of nitrogens with zero attached hydrogens (tertiary/aromatic N) is 2. The molecule has 0 aliphatic rings. The van der Waals surface area contributed by atoms with Gasteiger partial charge in [0.2, 0.25) is 5.28 Å². The zero-order chi connectivity index (χ0) is 17.3. The predicted molar refractivity (Wildman–Crippen MR) is 98.2 cm³/mol. The van der Waals surface area contributed by atoms with E-state index in [1.165, 1.54) is 10.9 Å². The Balaban J connectivity index is 1.96. The van der Waals surface area contributed by atoms with Gasteiger partial charge in [0, 0.05) is 23.0 Å². The topological polar surface area (TPSA) is 63.8 Å². The maximum atomic E-state index is 13.8. The van der Waals surface area contributed by atoms with Crippen molar-refractivity contribution >= 4 is 39.0 Å². The summed E-state index contributed by atoms with van der Waals surface area (Å²) >= 11 is 7.67. The number of aromatic nitrogens is 2. The maximum Gasteiger partial charge on any atom is 0.224 e. The second kappa shape index (κ2) is 7.01. The standard InChI is InChI=1S/C17H18ClFN4S/c1-9(20)7-13-10(2)14-15(24-13)16(23-17(18)22-14)21-8-11-5-3-4-6-12(11)19/h3-6,9H,7-8,20H2,1-2H3,(H,21,22,23). The van der Waals surface area contributed by atoms with Crippen molar-refractivity contribution in [1.29, 1.82) is 0 Å². The molecular weight excluding hydrogens is 347 g/mol. The van der Waals surface area contributed by atoms with Crippen LogP contribution in [0.3, 0.4) is 0 Å². The van der Waals surface area contributed by atoms with E-state index in [4.69, 9.17) is 17.3 Å². The lowest BCUT2D eigenvalue weighted by Crippen LogP contribution is -2.17.